The fourth-order valence-corrected chi connectivity index (χ4v) is 4.60. The van der Waals surface area contributed by atoms with Crippen molar-refractivity contribution in [1.82, 2.24) is 9.97 Å². The van der Waals surface area contributed by atoms with Crippen molar-refractivity contribution in [3.05, 3.63) is 60.1 Å². The van der Waals surface area contributed by atoms with E-state index in [9.17, 15) is 4.79 Å². The van der Waals surface area contributed by atoms with Gasteiger partial charge >= 0.3 is 6.03 Å². The van der Waals surface area contributed by atoms with Gasteiger partial charge in [-0.1, -0.05) is 41.7 Å². The molecule has 26 heavy (non-hydrogen) atoms. The van der Waals surface area contributed by atoms with Crippen molar-refractivity contribution in [3.8, 4) is 0 Å². The molecular weight excluding hydrogens is 364 g/mol. The van der Waals surface area contributed by atoms with Gasteiger partial charge in [-0.15, -0.1) is 11.3 Å². The molecule has 0 saturated carbocycles. The zero-order valence-corrected chi connectivity index (χ0v) is 15.0. The summed E-state index contributed by atoms with van der Waals surface area (Å²) in [5, 5.41) is 8.45. The molecule has 0 fully saturated rings. The second-order valence-electron chi connectivity index (χ2n) is 5.77. The van der Waals surface area contributed by atoms with Gasteiger partial charge < -0.3 is 5.32 Å². The van der Waals surface area contributed by atoms with Crippen molar-refractivity contribution < 1.29 is 4.79 Å². The Balaban J connectivity index is 1.39. The number of fused-ring (bicyclic) bond motifs is 4. The highest BCUT2D eigenvalue weighted by molar-refractivity contribution is 7.24. The molecule has 0 bridgehead atoms. The van der Waals surface area contributed by atoms with Crippen LogP contribution in [-0.2, 0) is 0 Å². The maximum absolute atomic E-state index is 12.3. The largest absolute Gasteiger partial charge is 0.325 e. The van der Waals surface area contributed by atoms with E-state index in [0.29, 0.717) is 5.13 Å². The van der Waals surface area contributed by atoms with E-state index < -0.39 is 0 Å². The van der Waals surface area contributed by atoms with Gasteiger partial charge in [0.1, 0.15) is 5.52 Å². The Labute approximate surface area is 156 Å². The molecule has 0 spiro atoms. The van der Waals surface area contributed by atoms with Crippen LogP contribution in [0.5, 0.6) is 0 Å². The smallest absolute Gasteiger partial charge is 0.308 e. The number of aromatic nitrogens is 2. The number of carbonyl (C=O) groups excluding carboxylic acids is 1. The molecule has 0 radical (unpaired) electrons. The molecule has 2 aromatic heterocycles. The zero-order chi connectivity index (χ0) is 17.5. The molecule has 5 rings (SSSR count). The van der Waals surface area contributed by atoms with Gasteiger partial charge in [0.2, 0.25) is 0 Å². The van der Waals surface area contributed by atoms with Crippen molar-refractivity contribution in [2.24, 2.45) is 0 Å². The molecule has 2 N–H and O–H groups in total. The van der Waals surface area contributed by atoms with Crippen LogP contribution >= 0.6 is 22.7 Å². The average molecular weight is 376 g/mol. The van der Waals surface area contributed by atoms with E-state index in [1.54, 1.807) is 11.3 Å². The fraction of sp³-hybridized carbons (Fsp3) is 0. The van der Waals surface area contributed by atoms with E-state index in [4.69, 9.17) is 0 Å². The van der Waals surface area contributed by atoms with Crippen LogP contribution in [0.1, 0.15) is 0 Å². The third kappa shape index (κ3) is 2.67. The van der Waals surface area contributed by atoms with E-state index in [2.05, 4.69) is 20.6 Å². The Morgan fingerprint density at radius 3 is 2.77 bits per heavy atom. The summed E-state index contributed by atoms with van der Waals surface area (Å²) in [5.74, 6) is 0. The van der Waals surface area contributed by atoms with E-state index in [-0.39, 0.29) is 6.03 Å². The summed E-state index contributed by atoms with van der Waals surface area (Å²) in [7, 11) is 0. The topological polar surface area (TPSA) is 66.9 Å². The van der Waals surface area contributed by atoms with Gasteiger partial charge in [-0.2, -0.15) is 0 Å². The predicted molar refractivity (Wildman–Crippen MR) is 109 cm³/mol. The van der Waals surface area contributed by atoms with E-state index >= 15 is 0 Å². The normalized spacial score (nSPS) is 11.2. The van der Waals surface area contributed by atoms with Crippen molar-refractivity contribution in [1.29, 1.82) is 0 Å². The van der Waals surface area contributed by atoms with Crippen LogP contribution in [0.2, 0.25) is 0 Å². The third-order valence-corrected chi connectivity index (χ3v) is 5.87. The lowest BCUT2D eigenvalue weighted by molar-refractivity contribution is 0.262. The average Bonchev–Trinajstić information content (AvgIpc) is 3.27. The minimum Gasteiger partial charge on any atom is -0.308 e. The van der Waals surface area contributed by atoms with Crippen LogP contribution in [0.4, 0.5) is 15.6 Å². The van der Waals surface area contributed by atoms with Gasteiger partial charge in [-0.25, -0.2) is 14.8 Å². The van der Waals surface area contributed by atoms with Crippen LogP contribution in [0.25, 0.3) is 31.2 Å². The molecule has 0 aliphatic rings. The number of anilines is 2. The molecule has 0 saturated heterocycles. The number of thiazole rings is 2. The quantitative estimate of drug-likeness (QED) is 0.415. The molecule has 5 nitrogen and oxygen atoms in total. The van der Waals surface area contributed by atoms with Gasteiger partial charge in [-0.05, 0) is 35.0 Å². The molecule has 5 aromatic rings. The lowest BCUT2D eigenvalue weighted by Crippen LogP contribution is -2.19. The highest BCUT2D eigenvalue weighted by atomic mass is 32.1. The van der Waals surface area contributed by atoms with Crippen molar-refractivity contribution in [3.63, 3.8) is 0 Å². The molecule has 0 atom stereocenters. The number of hydrogen-bond acceptors (Lipinski definition) is 5. The van der Waals surface area contributed by atoms with Gasteiger partial charge in [0, 0.05) is 5.69 Å². The first kappa shape index (κ1) is 15.2. The van der Waals surface area contributed by atoms with Crippen molar-refractivity contribution in [2.45, 2.75) is 0 Å². The highest BCUT2D eigenvalue weighted by Crippen LogP contribution is 2.33. The number of nitrogens with one attached hydrogen (secondary N) is 2. The Kier molecular flexibility index (Phi) is 3.55. The number of hydrogen-bond donors (Lipinski definition) is 2. The lowest BCUT2D eigenvalue weighted by Gasteiger charge is -2.06. The Morgan fingerprint density at radius 2 is 1.85 bits per heavy atom. The second kappa shape index (κ2) is 6.05. The van der Waals surface area contributed by atoms with E-state index in [1.807, 2.05) is 60.1 Å². The Morgan fingerprint density at radius 1 is 0.962 bits per heavy atom. The summed E-state index contributed by atoms with van der Waals surface area (Å²) in [5.41, 5.74) is 4.34. The molecule has 0 aliphatic heterocycles. The van der Waals surface area contributed by atoms with E-state index in [1.165, 1.54) is 11.3 Å². The summed E-state index contributed by atoms with van der Waals surface area (Å²) in [4.78, 5) is 21.2. The summed E-state index contributed by atoms with van der Waals surface area (Å²) in [6.45, 7) is 0. The molecule has 2 heterocycles. The van der Waals surface area contributed by atoms with Gasteiger partial charge in [0.15, 0.2) is 5.13 Å². The maximum Gasteiger partial charge on any atom is 0.325 e. The molecule has 126 valence electrons. The Bertz CT molecular complexity index is 1270. The predicted octanol–water partition coefficient (Wildman–Crippen LogP) is 5.70. The third-order valence-electron chi connectivity index (χ3n) is 4.08. The van der Waals surface area contributed by atoms with Gasteiger partial charge in [-0.3, -0.25) is 5.32 Å². The molecule has 0 aliphatic carbocycles. The molecule has 3 aromatic carbocycles. The van der Waals surface area contributed by atoms with Crippen LogP contribution < -0.4 is 10.6 Å². The number of rotatable bonds is 2. The standard InChI is InChI=1S/C19H12N4OS2/c24-18(21-13-6-5-11-3-1-2-4-12(11)9-13)23-19-22-14-7-8-15-16(17(14)26-19)20-10-25-15/h1-10H,(H2,21,22,23,24). The zero-order valence-electron chi connectivity index (χ0n) is 13.4. The first-order chi connectivity index (χ1) is 12.8. The maximum atomic E-state index is 12.3. The fourth-order valence-electron chi connectivity index (χ4n) is 2.89. The summed E-state index contributed by atoms with van der Waals surface area (Å²) in [6, 6.07) is 17.5. The van der Waals surface area contributed by atoms with Gasteiger partial charge in [0.25, 0.3) is 0 Å². The number of benzene rings is 3. The first-order valence-electron chi connectivity index (χ1n) is 7.96. The van der Waals surface area contributed by atoms with Crippen LogP contribution in [0.3, 0.4) is 0 Å². The highest BCUT2D eigenvalue weighted by Gasteiger charge is 2.11. The number of urea groups is 1. The van der Waals surface area contributed by atoms with Gasteiger partial charge in [0.05, 0.1) is 20.4 Å². The SMILES string of the molecule is O=C(Nc1ccc2ccccc2c1)Nc1nc2ccc3scnc3c2s1. The molecule has 7 heteroatoms. The first-order valence-corrected chi connectivity index (χ1v) is 9.65. The molecule has 2 amide bonds. The van der Waals surface area contributed by atoms with Crippen molar-refractivity contribution in [2.75, 3.05) is 10.6 Å². The minimum atomic E-state index is -0.311. The molecule has 0 unspecified atom stereocenters. The summed E-state index contributed by atoms with van der Waals surface area (Å²) in [6.07, 6.45) is 0. The lowest BCUT2D eigenvalue weighted by atomic mass is 10.1. The molecular formula is C19H12N4OS2. The Hall–Kier alpha value is -3.03. The summed E-state index contributed by atoms with van der Waals surface area (Å²) < 4.78 is 2.11. The second-order valence-corrected chi connectivity index (χ2v) is 7.66. The minimum absolute atomic E-state index is 0.311. The van der Waals surface area contributed by atoms with E-state index in [0.717, 1.165) is 36.9 Å². The monoisotopic (exact) mass is 376 g/mol. The van der Waals surface area contributed by atoms with Crippen LogP contribution in [0, 0.1) is 0 Å². The van der Waals surface area contributed by atoms with Crippen molar-refractivity contribution >= 4 is 70.7 Å². The summed E-state index contributed by atoms with van der Waals surface area (Å²) >= 11 is 3.03. The number of carbonyl (C=O) groups is 1. The van der Waals surface area contributed by atoms with Crippen LogP contribution in [0.15, 0.2) is 60.1 Å². The number of nitrogens with zero attached hydrogens (tertiary/aromatic N) is 2. The van der Waals surface area contributed by atoms with Crippen LogP contribution in [-0.4, -0.2) is 16.0 Å². The number of amides is 2.